The molecular weight excluding hydrogens is 973 g/mol. The molecule has 8 saturated carbocycles. The van der Waals surface area contributed by atoms with Crippen LogP contribution in [0.15, 0.2) is 45.2 Å². The Balaban J connectivity index is 0.771. The van der Waals surface area contributed by atoms with Crippen molar-refractivity contribution >= 4 is 11.9 Å². The summed E-state index contributed by atoms with van der Waals surface area (Å²) in [6, 6.07) is 1.40. The van der Waals surface area contributed by atoms with Crippen molar-refractivity contribution in [2.24, 2.45) is 100 Å². The molecule has 0 spiro atoms. The highest BCUT2D eigenvalue weighted by Crippen LogP contribution is 2.78. The van der Waals surface area contributed by atoms with Gasteiger partial charge < -0.3 is 19.7 Å². The number of hydrogen-bond acceptors (Lipinski definition) is 8. The standard InChI is InChI=1S/C68H104N2O8/c1-57(2)28-32-67(34-30-63(11)43(45(67)41-57)15-17-49-61(9)24-21-51(71)59(5,6)47(61)19-26-65(49,63)13)54(74)77-39-37-69-36-23-53(73)70(56(69)76)38-40-78-55(75)68-33-29-58(3,4)42-46(68)44-16-18-50-62(10)25-22-52(72)60(7,8)48(62)20-27-66(50,14)64(44,12)31-35-68/h15-16,23,36,45-52,71-72H,17-22,24-35,37-42H2,1-14H3/t45-,46-,47?,48?,49?,50?,51-,52-,61-,62-,63+,64+,65+,66+,67-,68-/m0/s1. The van der Waals surface area contributed by atoms with Gasteiger partial charge in [0.2, 0.25) is 0 Å². The maximum atomic E-state index is 14.9. The van der Waals surface area contributed by atoms with E-state index in [0.717, 1.165) is 128 Å². The van der Waals surface area contributed by atoms with E-state index >= 15 is 0 Å². The molecule has 16 atom stereocenters. The van der Waals surface area contributed by atoms with E-state index in [0.29, 0.717) is 23.7 Å². The second kappa shape index (κ2) is 18.3. The fourth-order valence-electron chi connectivity index (χ4n) is 22.9. The van der Waals surface area contributed by atoms with Gasteiger partial charge in [0.1, 0.15) is 13.2 Å². The van der Waals surface area contributed by atoms with E-state index in [-0.39, 0.29) is 116 Å². The predicted octanol–water partition coefficient (Wildman–Crippen LogP) is 13.4. The van der Waals surface area contributed by atoms with Gasteiger partial charge in [0.25, 0.3) is 5.56 Å². The molecule has 0 amide bonds. The summed E-state index contributed by atoms with van der Waals surface area (Å²) in [7, 11) is 0. The molecule has 4 unspecified atom stereocenters. The number of aliphatic hydroxyl groups is 2. The normalized spacial score (nSPS) is 46.3. The Hall–Kier alpha value is -2.98. The molecule has 2 N–H and O–H groups in total. The third-order valence-corrected chi connectivity index (χ3v) is 28.3. The van der Waals surface area contributed by atoms with Crippen LogP contribution in [0.4, 0.5) is 0 Å². The maximum absolute atomic E-state index is 14.9. The summed E-state index contributed by atoms with van der Waals surface area (Å²) in [6.45, 7) is 34.0. The van der Waals surface area contributed by atoms with Gasteiger partial charge in [-0.2, -0.15) is 0 Å². The first kappa shape index (κ1) is 56.9. The number of aromatic nitrogens is 2. The SMILES string of the molecule is CC1(C)CC[C@]2(C(=O)OCCn3ccc(=O)n(CCOC(=O)[C@]45CCC(C)(C)C[C@H]4C4=CCC6[C@@]7(C)CC[C@H](O)C(C)(C)C7CC[C@@]6(C)[C@]4(C)CC5)c3=O)CC[C@]3(C)C(=CCC4[C@@]5(C)CC[C@H](O)C(C)(C)C5CC[C@]43C)[C@@H]2C1. The Kier molecular flexibility index (Phi) is 13.3. The van der Waals surface area contributed by atoms with Gasteiger partial charge in [-0.25, -0.2) is 4.79 Å². The van der Waals surface area contributed by atoms with Gasteiger partial charge in [-0.3, -0.25) is 23.5 Å². The van der Waals surface area contributed by atoms with Crippen molar-refractivity contribution in [1.29, 1.82) is 0 Å². The Morgan fingerprint density at radius 1 is 0.526 bits per heavy atom. The molecule has 10 aliphatic carbocycles. The lowest BCUT2D eigenvalue weighted by molar-refractivity contribution is -0.206. The highest BCUT2D eigenvalue weighted by molar-refractivity contribution is 5.79. The molecule has 78 heavy (non-hydrogen) atoms. The molecule has 10 nitrogen and oxygen atoms in total. The Labute approximate surface area is 469 Å². The van der Waals surface area contributed by atoms with E-state index in [1.165, 1.54) is 32.5 Å². The van der Waals surface area contributed by atoms with Crippen LogP contribution in [0.3, 0.4) is 0 Å². The first-order valence-corrected chi connectivity index (χ1v) is 31.7. The number of carbonyl (C=O) groups excluding carboxylic acids is 2. The van der Waals surface area contributed by atoms with Crippen molar-refractivity contribution in [3.05, 3.63) is 56.4 Å². The van der Waals surface area contributed by atoms with Gasteiger partial charge in [0.15, 0.2) is 0 Å². The van der Waals surface area contributed by atoms with Crippen molar-refractivity contribution in [2.75, 3.05) is 13.2 Å². The first-order valence-electron chi connectivity index (χ1n) is 31.7. The summed E-state index contributed by atoms with van der Waals surface area (Å²) in [6.07, 6.45) is 25.3. The fourth-order valence-corrected chi connectivity index (χ4v) is 22.9. The van der Waals surface area contributed by atoms with Crippen LogP contribution in [-0.2, 0) is 32.2 Å². The van der Waals surface area contributed by atoms with Gasteiger partial charge in [0, 0.05) is 12.3 Å². The molecule has 1 aromatic rings. The number of allylic oxidation sites excluding steroid dienone is 4. The number of fused-ring (bicyclic) bond motifs is 14. The topological polar surface area (TPSA) is 137 Å². The minimum absolute atomic E-state index is 0.0248. The molecule has 11 rings (SSSR count). The van der Waals surface area contributed by atoms with E-state index in [9.17, 15) is 29.4 Å². The number of esters is 2. The van der Waals surface area contributed by atoms with Crippen LogP contribution in [0.1, 0.15) is 225 Å². The van der Waals surface area contributed by atoms with Crippen LogP contribution in [0.25, 0.3) is 0 Å². The van der Waals surface area contributed by atoms with Gasteiger partial charge in [0.05, 0.1) is 36.1 Å². The average Bonchev–Trinajstić information content (AvgIpc) is 3.42. The summed E-state index contributed by atoms with van der Waals surface area (Å²) in [5.41, 5.74) is 1.05. The molecule has 0 saturated heterocycles. The number of aliphatic hydroxyl groups excluding tert-OH is 2. The lowest BCUT2D eigenvalue weighted by Crippen LogP contribution is -2.65. The smallest absolute Gasteiger partial charge is 0.331 e. The van der Waals surface area contributed by atoms with E-state index in [1.807, 2.05) is 0 Å². The number of hydrogen-bond donors (Lipinski definition) is 2. The summed E-state index contributed by atoms with van der Waals surface area (Å²) in [4.78, 5) is 57.4. The number of ether oxygens (including phenoxy) is 2. The fraction of sp³-hybridized carbons (Fsp3) is 0.853. The monoisotopic (exact) mass is 1080 g/mol. The zero-order valence-corrected chi connectivity index (χ0v) is 51.1. The van der Waals surface area contributed by atoms with Crippen LogP contribution < -0.4 is 11.2 Å². The summed E-state index contributed by atoms with van der Waals surface area (Å²) < 4.78 is 15.3. The third-order valence-electron chi connectivity index (χ3n) is 28.3. The van der Waals surface area contributed by atoms with Gasteiger partial charge in [-0.05, 0) is 218 Å². The molecule has 10 aliphatic rings. The van der Waals surface area contributed by atoms with Crippen LogP contribution in [0.2, 0.25) is 0 Å². The molecule has 1 aromatic heterocycles. The second-order valence-corrected chi connectivity index (χ2v) is 33.0. The van der Waals surface area contributed by atoms with E-state index in [4.69, 9.17) is 9.47 Å². The molecule has 434 valence electrons. The second-order valence-electron chi connectivity index (χ2n) is 33.0. The van der Waals surface area contributed by atoms with Crippen LogP contribution in [0, 0.1) is 100 Å². The molecule has 10 heteroatoms. The molecular formula is C68H104N2O8. The molecule has 0 radical (unpaired) electrons. The van der Waals surface area contributed by atoms with Crippen LogP contribution >= 0.6 is 0 Å². The van der Waals surface area contributed by atoms with E-state index in [1.54, 1.807) is 0 Å². The highest BCUT2D eigenvalue weighted by atomic mass is 16.5. The van der Waals surface area contributed by atoms with Crippen LogP contribution in [-0.4, -0.2) is 56.7 Å². The third kappa shape index (κ3) is 7.82. The Morgan fingerprint density at radius 2 is 0.936 bits per heavy atom. The summed E-state index contributed by atoms with van der Waals surface area (Å²) >= 11 is 0. The quantitative estimate of drug-likeness (QED) is 0.194. The molecule has 1 heterocycles. The molecule has 0 aromatic carbocycles. The van der Waals surface area contributed by atoms with Gasteiger partial charge in [-0.15, -0.1) is 0 Å². The Morgan fingerprint density at radius 3 is 1.37 bits per heavy atom. The molecule has 0 bridgehead atoms. The Bertz CT molecular complexity index is 2780. The minimum Gasteiger partial charge on any atom is -0.463 e. The molecule has 0 aliphatic heterocycles. The number of rotatable bonds is 8. The van der Waals surface area contributed by atoms with Gasteiger partial charge >= 0.3 is 17.6 Å². The maximum Gasteiger partial charge on any atom is 0.331 e. The van der Waals surface area contributed by atoms with Crippen LogP contribution in [0.5, 0.6) is 0 Å². The van der Waals surface area contributed by atoms with Gasteiger partial charge in [-0.1, -0.05) is 120 Å². The predicted molar refractivity (Wildman–Crippen MR) is 307 cm³/mol. The zero-order chi connectivity index (χ0) is 56.5. The summed E-state index contributed by atoms with van der Waals surface area (Å²) in [5.74, 6) is 1.80. The first-order chi connectivity index (χ1) is 36.2. The van der Waals surface area contributed by atoms with Crippen molar-refractivity contribution < 1.29 is 29.3 Å². The summed E-state index contributed by atoms with van der Waals surface area (Å²) in [5, 5.41) is 22.4. The van der Waals surface area contributed by atoms with E-state index in [2.05, 4.69) is 109 Å². The lowest BCUT2D eigenvalue weighted by Gasteiger charge is -2.71. The average molecular weight is 1080 g/mol. The zero-order valence-electron chi connectivity index (χ0n) is 51.1. The van der Waals surface area contributed by atoms with Crippen molar-refractivity contribution in [3.8, 4) is 0 Å². The van der Waals surface area contributed by atoms with Crippen molar-refractivity contribution in [1.82, 2.24) is 9.13 Å². The number of carbonyl (C=O) groups is 2. The van der Waals surface area contributed by atoms with Crippen molar-refractivity contribution in [3.63, 3.8) is 0 Å². The largest absolute Gasteiger partial charge is 0.463 e. The van der Waals surface area contributed by atoms with Crippen molar-refractivity contribution in [2.45, 2.75) is 251 Å². The lowest BCUT2D eigenvalue weighted by atomic mass is 9.33. The molecule has 8 fully saturated rings. The number of nitrogens with zero attached hydrogens (tertiary/aromatic N) is 2. The van der Waals surface area contributed by atoms with E-state index < -0.39 is 22.1 Å². The highest BCUT2D eigenvalue weighted by Gasteiger charge is 2.72. The minimum atomic E-state index is -0.652.